The number of hydrogen-bond donors (Lipinski definition) is 2. The Bertz CT molecular complexity index is 694. The van der Waals surface area contributed by atoms with Gasteiger partial charge in [0.15, 0.2) is 0 Å². The van der Waals surface area contributed by atoms with E-state index in [-0.39, 0.29) is 6.73 Å². The molecule has 0 aliphatic rings. The zero-order chi connectivity index (χ0) is 13.9. The molecule has 0 fully saturated rings. The fourth-order valence-electron chi connectivity index (χ4n) is 1.93. The van der Waals surface area contributed by atoms with E-state index in [4.69, 9.17) is 20.6 Å². The van der Waals surface area contributed by atoms with Crippen LogP contribution in [0.3, 0.4) is 0 Å². The van der Waals surface area contributed by atoms with Crippen molar-refractivity contribution in [3.8, 4) is 27.6 Å². The highest BCUT2D eigenvalue weighted by atomic mass is 32.1. The maximum atomic E-state index is 6.10. The molecule has 0 saturated heterocycles. The molecule has 5 nitrogen and oxygen atoms in total. The van der Waals surface area contributed by atoms with Crippen LogP contribution < -0.4 is 16.2 Å². The number of nitrogens with two attached hydrogens (primary N) is 2. The summed E-state index contributed by atoms with van der Waals surface area (Å²) in [4.78, 5) is 5.47. The Balaban J connectivity index is 2.18. The van der Waals surface area contributed by atoms with E-state index in [1.54, 1.807) is 23.9 Å². The predicted molar refractivity (Wildman–Crippen MR) is 79.3 cm³/mol. The topological polar surface area (TPSA) is 87.3 Å². The van der Waals surface area contributed by atoms with Crippen LogP contribution >= 0.6 is 11.3 Å². The summed E-state index contributed by atoms with van der Waals surface area (Å²) in [5.41, 5.74) is 14.5. The van der Waals surface area contributed by atoms with Crippen molar-refractivity contribution in [1.82, 2.24) is 4.98 Å². The first-order valence-electron chi connectivity index (χ1n) is 5.99. The van der Waals surface area contributed by atoms with Crippen LogP contribution in [0.5, 0.6) is 5.88 Å². The maximum absolute atomic E-state index is 6.10. The number of nitrogens with zero attached hydrogens (tertiary/aromatic N) is 1. The largest absolute Gasteiger partial charge is 0.472 e. The SMILES string of the molecule is NCOc1nc(-c2cccs2)cc(-c2ccoc2)c1N. The molecule has 20 heavy (non-hydrogen) atoms. The van der Waals surface area contributed by atoms with Crippen molar-refractivity contribution in [1.29, 1.82) is 0 Å². The molecule has 0 radical (unpaired) electrons. The number of thiophene rings is 1. The predicted octanol–water partition coefficient (Wildman–Crippen LogP) is 2.95. The lowest BCUT2D eigenvalue weighted by atomic mass is 10.1. The van der Waals surface area contributed by atoms with E-state index in [1.165, 1.54) is 0 Å². The van der Waals surface area contributed by atoms with Gasteiger partial charge in [-0.3, -0.25) is 5.73 Å². The quantitative estimate of drug-likeness (QED) is 0.720. The van der Waals surface area contributed by atoms with Gasteiger partial charge >= 0.3 is 0 Å². The van der Waals surface area contributed by atoms with Gasteiger partial charge in [0.2, 0.25) is 5.88 Å². The van der Waals surface area contributed by atoms with E-state index in [0.717, 1.165) is 21.7 Å². The van der Waals surface area contributed by atoms with Crippen LogP contribution in [0.2, 0.25) is 0 Å². The summed E-state index contributed by atoms with van der Waals surface area (Å²) < 4.78 is 10.4. The molecule has 0 aliphatic carbocycles. The Morgan fingerprint density at radius 2 is 2.25 bits per heavy atom. The third-order valence-electron chi connectivity index (χ3n) is 2.85. The van der Waals surface area contributed by atoms with Crippen LogP contribution in [-0.4, -0.2) is 11.7 Å². The van der Waals surface area contributed by atoms with Gasteiger partial charge < -0.3 is 14.9 Å². The lowest BCUT2D eigenvalue weighted by Gasteiger charge is -2.11. The highest BCUT2D eigenvalue weighted by Crippen LogP contribution is 2.36. The van der Waals surface area contributed by atoms with E-state index in [9.17, 15) is 0 Å². The Morgan fingerprint density at radius 3 is 2.90 bits per heavy atom. The molecule has 3 heterocycles. The Labute approximate surface area is 119 Å². The van der Waals surface area contributed by atoms with Gasteiger partial charge in [-0.1, -0.05) is 6.07 Å². The van der Waals surface area contributed by atoms with E-state index in [2.05, 4.69) is 4.98 Å². The molecule has 3 aromatic rings. The van der Waals surface area contributed by atoms with E-state index < -0.39 is 0 Å². The highest BCUT2D eigenvalue weighted by Gasteiger charge is 2.15. The summed E-state index contributed by atoms with van der Waals surface area (Å²) in [6.45, 7) is 0.0237. The normalized spacial score (nSPS) is 10.7. The Morgan fingerprint density at radius 1 is 1.35 bits per heavy atom. The molecule has 0 spiro atoms. The van der Waals surface area contributed by atoms with E-state index in [1.807, 2.05) is 29.6 Å². The molecule has 4 N–H and O–H groups in total. The maximum Gasteiger partial charge on any atom is 0.239 e. The number of hydrogen-bond acceptors (Lipinski definition) is 6. The Kier molecular flexibility index (Phi) is 3.41. The monoisotopic (exact) mass is 287 g/mol. The minimum atomic E-state index is 0.0237. The minimum absolute atomic E-state index is 0.0237. The number of furan rings is 1. The van der Waals surface area contributed by atoms with Crippen molar-refractivity contribution in [3.63, 3.8) is 0 Å². The highest BCUT2D eigenvalue weighted by molar-refractivity contribution is 7.13. The van der Waals surface area contributed by atoms with Crippen LogP contribution in [0.1, 0.15) is 0 Å². The van der Waals surface area contributed by atoms with Gasteiger partial charge in [-0.15, -0.1) is 11.3 Å². The smallest absolute Gasteiger partial charge is 0.239 e. The number of rotatable bonds is 4. The van der Waals surface area contributed by atoms with Gasteiger partial charge in [-0.2, -0.15) is 0 Å². The third-order valence-corrected chi connectivity index (χ3v) is 3.74. The van der Waals surface area contributed by atoms with Crippen LogP contribution in [-0.2, 0) is 0 Å². The molecule has 0 amide bonds. The summed E-state index contributed by atoms with van der Waals surface area (Å²) in [7, 11) is 0. The van der Waals surface area contributed by atoms with Gasteiger partial charge in [-0.25, -0.2) is 4.98 Å². The second-order valence-corrected chi connectivity index (χ2v) is 5.02. The number of anilines is 1. The van der Waals surface area contributed by atoms with Crippen LogP contribution in [0.25, 0.3) is 21.7 Å². The molecular weight excluding hydrogens is 274 g/mol. The number of ether oxygens (including phenoxy) is 1. The minimum Gasteiger partial charge on any atom is -0.472 e. The van der Waals surface area contributed by atoms with Crippen molar-refractivity contribution in [2.75, 3.05) is 12.5 Å². The summed E-state index contributed by atoms with van der Waals surface area (Å²) in [6.07, 6.45) is 3.24. The van der Waals surface area contributed by atoms with Gasteiger partial charge in [0.25, 0.3) is 0 Å². The fraction of sp³-hybridized carbons (Fsp3) is 0.0714. The first-order chi connectivity index (χ1) is 9.79. The first kappa shape index (κ1) is 12.7. The van der Waals surface area contributed by atoms with Gasteiger partial charge in [0.1, 0.15) is 12.4 Å². The van der Waals surface area contributed by atoms with Crippen molar-refractivity contribution >= 4 is 17.0 Å². The molecule has 0 aliphatic heterocycles. The van der Waals surface area contributed by atoms with Gasteiger partial charge in [-0.05, 0) is 23.6 Å². The molecule has 102 valence electrons. The first-order valence-corrected chi connectivity index (χ1v) is 6.87. The Hall–Kier alpha value is -2.31. The summed E-state index contributed by atoms with van der Waals surface area (Å²) in [6, 6.07) is 7.74. The number of pyridine rings is 1. The molecule has 0 bridgehead atoms. The second kappa shape index (κ2) is 5.36. The molecule has 3 aromatic heterocycles. The van der Waals surface area contributed by atoms with Crippen molar-refractivity contribution in [2.45, 2.75) is 0 Å². The third kappa shape index (κ3) is 2.26. The molecular formula is C14H13N3O2S. The molecule has 6 heteroatoms. The van der Waals surface area contributed by atoms with Crippen molar-refractivity contribution in [2.24, 2.45) is 5.73 Å². The number of aromatic nitrogens is 1. The molecule has 3 rings (SSSR count). The molecule has 0 atom stereocenters. The van der Waals surface area contributed by atoms with Crippen molar-refractivity contribution in [3.05, 3.63) is 42.2 Å². The van der Waals surface area contributed by atoms with Crippen LogP contribution in [0, 0.1) is 0 Å². The van der Waals surface area contributed by atoms with E-state index >= 15 is 0 Å². The molecule has 0 aromatic carbocycles. The fourth-order valence-corrected chi connectivity index (χ4v) is 2.61. The molecule has 0 saturated carbocycles. The molecule has 0 unspecified atom stereocenters. The standard InChI is InChI=1S/C14H13N3O2S/c15-8-19-14-13(16)10(9-3-4-18-7-9)6-11(17-14)12-2-1-5-20-12/h1-7H,8,15-16H2. The summed E-state index contributed by atoms with van der Waals surface area (Å²) in [5, 5.41) is 1.99. The van der Waals surface area contributed by atoms with Gasteiger partial charge in [0.05, 0.1) is 23.1 Å². The summed E-state index contributed by atoms with van der Waals surface area (Å²) in [5.74, 6) is 0.342. The van der Waals surface area contributed by atoms with Crippen LogP contribution in [0.15, 0.2) is 46.6 Å². The average molecular weight is 287 g/mol. The average Bonchev–Trinajstić information content (AvgIpc) is 3.14. The lowest BCUT2D eigenvalue weighted by Crippen LogP contribution is -2.10. The number of nitrogen functional groups attached to an aromatic ring is 1. The van der Waals surface area contributed by atoms with E-state index in [0.29, 0.717) is 11.6 Å². The van der Waals surface area contributed by atoms with Gasteiger partial charge in [0, 0.05) is 11.1 Å². The zero-order valence-corrected chi connectivity index (χ0v) is 11.4. The second-order valence-electron chi connectivity index (χ2n) is 4.07. The zero-order valence-electron chi connectivity index (χ0n) is 10.6. The lowest BCUT2D eigenvalue weighted by molar-refractivity contribution is 0.319. The summed E-state index contributed by atoms with van der Waals surface area (Å²) >= 11 is 1.60. The van der Waals surface area contributed by atoms with Crippen molar-refractivity contribution < 1.29 is 9.15 Å². The van der Waals surface area contributed by atoms with Crippen LogP contribution in [0.4, 0.5) is 5.69 Å².